The van der Waals surface area contributed by atoms with Crippen molar-refractivity contribution in [2.24, 2.45) is 0 Å². The summed E-state index contributed by atoms with van der Waals surface area (Å²) in [6, 6.07) is 11.3. The van der Waals surface area contributed by atoms with Gasteiger partial charge in [-0.2, -0.15) is 8.42 Å². The average Bonchev–Trinajstić information content (AvgIpc) is 2.78. The number of carbonyl (C=O) groups excluding carboxylic acids is 1. The van der Waals surface area contributed by atoms with Crippen LogP contribution in [0.5, 0.6) is 5.75 Å². The van der Waals surface area contributed by atoms with Crippen molar-refractivity contribution < 1.29 is 21.8 Å². The molecule has 2 amide bonds. The largest absolute Gasteiger partial charge is 0.379 e. The standard InChI is InChI=1S/C24H31FN2O4S/c1-3-18(2)27(24(28)26-21-9-5-4-6-10-21)17-19-8-7-11-22(16-19)31-32(29,30)23-14-12-20(25)13-15-23/h7-8,11-16,18,21H,3-6,9-10,17H2,1-2H3,(H,26,28). The minimum atomic E-state index is -4.09. The SMILES string of the molecule is CCC(C)N(Cc1cccc(OS(=O)(=O)c2ccc(F)cc2)c1)C(=O)NC1CCCCC1. The van der Waals surface area contributed by atoms with Crippen LogP contribution in [0.25, 0.3) is 0 Å². The Morgan fingerprint density at radius 1 is 1.16 bits per heavy atom. The van der Waals surface area contributed by atoms with Crippen molar-refractivity contribution in [3.63, 3.8) is 0 Å². The van der Waals surface area contributed by atoms with E-state index in [1.165, 1.54) is 6.42 Å². The second kappa shape index (κ2) is 10.8. The van der Waals surface area contributed by atoms with E-state index in [-0.39, 0.29) is 28.8 Å². The third-order valence-electron chi connectivity index (χ3n) is 5.88. The van der Waals surface area contributed by atoms with Gasteiger partial charge in [0.25, 0.3) is 0 Å². The molecule has 1 fully saturated rings. The number of urea groups is 1. The van der Waals surface area contributed by atoms with Crippen molar-refractivity contribution in [2.45, 2.75) is 75.9 Å². The van der Waals surface area contributed by atoms with E-state index in [0.29, 0.717) is 6.54 Å². The van der Waals surface area contributed by atoms with Gasteiger partial charge in [0, 0.05) is 18.6 Å². The molecule has 2 aromatic carbocycles. The maximum atomic E-state index is 13.1. The van der Waals surface area contributed by atoms with E-state index in [4.69, 9.17) is 4.18 Å². The fourth-order valence-corrected chi connectivity index (χ4v) is 4.74. The van der Waals surface area contributed by atoms with Gasteiger partial charge in [-0.15, -0.1) is 0 Å². The van der Waals surface area contributed by atoms with E-state index in [9.17, 15) is 17.6 Å². The zero-order chi connectivity index (χ0) is 23.1. The molecule has 0 aromatic heterocycles. The van der Waals surface area contributed by atoms with Crippen LogP contribution < -0.4 is 9.50 Å². The van der Waals surface area contributed by atoms with Crippen LogP contribution in [0.1, 0.15) is 57.9 Å². The highest BCUT2D eigenvalue weighted by Crippen LogP contribution is 2.23. The highest BCUT2D eigenvalue weighted by Gasteiger charge is 2.24. The number of halogens is 1. The van der Waals surface area contributed by atoms with Gasteiger partial charge in [0.2, 0.25) is 0 Å². The lowest BCUT2D eigenvalue weighted by molar-refractivity contribution is 0.166. The second-order valence-electron chi connectivity index (χ2n) is 8.31. The third-order valence-corrected chi connectivity index (χ3v) is 7.14. The van der Waals surface area contributed by atoms with Gasteiger partial charge in [0.1, 0.15) is 16.5 Å². The number of carbonyl (C=O) groups is 1. The Hall–Kier alpha value is -2.61. The lowest BCUT2D eigenvalue weighted by atomic mass is 9.96. The summed E-state index contributed by atoms with van der Waals surface area (Å²) in [6.07, 6.45) is 6.30. The first-order valence-electron chi connectivity index (χ1n) is 11.1. The maximum Gasteiger partial charge on any atom is 0.339 e. The molecule has 3 rings (SSSR count). The van der Waals surface area contributed by atoms with Crippen molar-refractivity contribution in [1.29, 1.82) is 0 Å². The predicted octanol–water partition coefficient (Wildman–Crippen LogP) is 5.24. The van der Waals surface area contributed by atoms with E-state index in [0.717, 1.165) is 61.9 Å². The van der Waals surface area contributed by atoms with Crippen LogP contribution in [-0.2, 0) is 16.7 Å². The van der Waals surface area contributed by atoms with Gasteiger partial charge >= 0.3 is 16.1 Å². The molecule has 2 aromatic rings. The minimum Gasteiger partial charge on any atom is -0.379 e. The fourth-order valence-electron chi connectivity index (χ4n) is 3.82. The molecule has 32 heavy (non-hydrogen) atoms. The van der Waals surface area contributed by atoms with Gasteiger partial charge in [-0.1, -0.05) is 38.3 Å². The van der Waals surface area contributed by atoms with Crippen molar-refractivity contribution in [2.75, 3.05) is 0 Å². The molecule has 1 atom stereocenters. The number of amides is 2. The Morgan fingerprint density at radius 2 is 1.84 bits per heavy atom. The molecule has 1 saturated carbocycles. The lowest BCUT2D eigenvalue weighted by Gasteiger charge is -2.32. The number of nitrogens with one attached hydrogen (secondary N) is 1. The molecule has 1 aliphatic carbocycles. The lowest BCUT2D eigenvalue weighted by Crippen LogP contribution is -2.48. The normalized spacial score (nSPS) is 15.7. The summed E-state index contributed by atoms with van der Waals surface area (Å²) < 4.78 is 43.4. The van der Waals surface area contributed by atoms with Crippen LogP contribution >= 0.6 is 0 Å². The quantitative estimate of drug-likeness (QED) is 0.545. The molecule has 0 bridgehead atoms. The van der Waals surface area contributed by atoms with Gasteiger partial charge in [0.15, 0.2) is 0 Å². The molecule has 1 N–H and O–H groups in total. The summed E-state index contributed by atoms with van der Waals surface area (Å²) in [7, 11) is -4.09. The fraction of sp³-hybridized carbons (Fsp3) is 0.458. The monoisotopic (exact) mass is 462 g/mol. The van der Waals surface area contributed by atoms with E-state index >= 15 is 0 Å². The molecule has 0 saturated heterocycles. The summed E-state index contributed by atoms with van der Waals surface area (Å²) in [5, 5.41) is 3.16. The zero-order valence-electron chi connectivity index (χ0n) is 18.6. The van der Waals surface area contributed by atoms with Crippen LogP contribution in [0.3, 0.4) is 0 Å². The van der Waals surface area contributed by atoms with Gasteiger partial charge in [-0.3, -0.25) is 0 Å². The molecule has 0 radical (unpaired) electrons. The highest BCUT2D eigenvalue weighted by atomic mass is 32.2. The number of hydrogen-bond donors (Lipinski definition) is 1. The Morgan fingerprint density at radius 3 is 2.50 bits per heavy atom. The molecule has 8 heteroatoms. The van der Waals surface area contributed by atoms with Crippen molar-refractivity contribution in [3.8, 4) is 5.75 Å². The van der Waals surface area contributed by atoms with E-state index in [2.05, 4.69) is 5.32 Å². The summed E-state index contributed by atoms with van der Waals surface area (Å²) in [6.45, 7) is 4.36. The maximum absolute atomic E-state index is 13.1. The van der Waals surface area contributed by atoms with E-state index < -0.39 is 15.9 Å². The van der Waals surface area contributed by atoms with Crippen LogP contribution in [-0.4, -0.2) is 31.4 Å². The minimum absolute atomic E-state index is 0.0195. The van der Waals surface area contributed by atoms with Gasteiger partial charge in [-0.05, 0) is 68.1 Å². The summed E-state index contributed by atoms with van der Waals surface area (Å²) >= 11 is 0. The smallest absolute Gasteiger partial charge is 0.339 e. The Kier molecular flexibility index (Phi) is 8.12. The molecule has 1 aliphatic rings. The molecule has 0 spiro atoms. The zero-order valence-corrected chi connectivity index (χ0v) is 19.4. The molecule has 174 valence electrons. The van der Waals surface area contributed by atoms with Gasteiger partial charge < -0.3 is 14.4 Å². The Balaban J connectivity index is 1.72. The number of hydrogen-bond acceptors (Lipinski definition) is 4. The van der Waals surface area contributed by atoms with Crippen molar-refractivity contribution in [1.82, 2.24) is 10.2 Å². The molecular weight excluding hydrogens is 431 g/mol. The Labute approximate surface area is 189 Å². The van der Waals surface area contributed by atoms with Crippen LogP contribution in [0.2, 0.25) is 0 Å². The van der Waals surface area contributed by atoms with Crippen LogP contribution in [0.15, 0.2) is 53.4 Å². The van der Waals surface area contributed by atoms with Gasteiger partial charge in [0.05, 0.1) is 0 Å². The number of nitrogens with zero attached hydrogens (tertiary/aromatic N) is 1. The average molecular weight is 463 g/mol. The molecular formula is C24H31FN2O4S. The first kappa shape index (κ1) is 24.0. The third kappa shape index (κ3) is 6.45. The van der Waals surface area contributed by atoms with Crippen molar-refractivity contribution >= 4 is 16.1 Å². The second-order valence-corrected chi connectivity index (χ2v) is 9.85. The Bertz CT molecular complexity index is 1000. The molecule has 0 heterocycles. The van der Waals surface area contributed by atoms with Crippen molar-refractivity contribution in [3.05, 3.63) is 59.9 Å². The number of rotatable bonds is 8. The first-order valence-corrected chi connectivity index (χ1v) is 12.6. The van der Waals surface area contributed by atoms with E-state index in [1.807, 2.05) is 19.9 Å². The van der Waals surface area contributed by atoms with Gasteiger partial charge in [-0.25, -0.2) is 9.18 Å². The van der Waals surface area contributed by atoms with Crippen LogP contribution in [0, 0.1) is 5.82 Å². The van der Waals surface area contributed by atoms with Crippen LogP contribution in [0.4, 0.5) is 9.18 Å². The first-order chi connectivity index (χ1) is 15.3. The molecule has 0 aliphatic heterocycles. The van der Waals surface area contributed by atoms with E-state index in [1.54, 1.807) is 23.1 Å². The summed E-state index contributed by atoms with van der Waals surface area (Å²) in [5.41, 5.74) is 0.760. The topological polar surface area (TPSA) is 75.7 Å². The summed E-state index contributed by atoms with van der Waals surface area (Å²) in [5.74, 6) is -0.383. The highest BCUT2D eigenvalue weighted by molar-refractivity contribution is 7.87. The predicted molar refractivity (Wildman–Crippen MR) is 121 cm³/mol. The molecule has 1 unspecified atom stereocenters. The number of benzene rings is 2. The summed E-state index contributed by atoms with van der Waals surface area (Å²) in [4.78, 5) is 14.7. The molecule has 6 nitrogen and oxygen atoms in total.